The van der Waals surface area contributed by atoms with Gasteiger partial charge in [0.25, 0.3) is 0 Å². The van der Waals surface area contributed by atoms with Crippen molar-refractivity contribution in [2.24, 2.45) is 11.5 Å². The maximum Gasteiger partial charge on any atom is 0.416 e. The molecule has 5 heteroatoms. The predicted molar refractivity (Wildman–Crippen MR) is 52.3 cm³/mol. The fourth-order valence-corrected chi connectivity index (χ4v) is 1.34. The molecule has 0 spiro atoms. The molecule has 0 aromatic heterocycles. The first kappa shape index (κ1) is 12.0. The maximum absolute atomic E-state index is 12.4. The first-order valence-electron chi connectivity index (χ1n) is 4.56. The minimum Gasteiger partial charge on any atom is -0.330 e. The van der Waals surface area contributed by atoms with Crippen molar-refractivity contribution in [1.82, 2.24) is 0 Å². The van der Waals surface area contributed by atoms with Gasteiger partial charge in [0.15, 0.2) is 0 Å². The molecule has 0 fully saturated rings. The summed E-state index contributed by atoms with van der Waals surface area (Å²) in [6.07, 6.45) is -4.32. The second kappa shape index (κ2) is 4.63. The minimum absolute atomic E-state index is 0.215. The van der Waals surface area contributed by atoms with E-state index in [1.807, 2.05) is 0 Å². The van der Waals surface area contributed by atoms with Gasteiger partial charge in [0.1, 0.15) is 0 Å². The number of rotatable bonds is 3. The first-order valence-corrected chi connectivity index (χ1v) is 4.56. The zero-order valence-electron chi connectivity index (χ0n) is 8.09. The van der Waals surface area contributed by atoms with Gasteiger partial charge in [0.2, 0.25) is 0 Å². The summed E-state index contributed by atoms with van der Waals surface area (Å²) < 4.78 is 37.1. The zero-order chi connectivity index (χ0) is 11.5. The number of alkyl halides is 3. The first-order chi connectivity index (χ1) is 6.99. The summed E-state index contributed by atoms with van der Waals surface area (Å²) in [4.78, 5) is 0. The third-order valence-electron chi connectivity index (χ3n) is 2.25. The van der Waals surface area contributed by atoms with Crippen LogP contribution in [-0.4, -0.2) is 13.1 Å². The van der Waals surface area contributed by atoms with Crippen LogP contribution in [0.2, 0.25) is 0 Å². The number of hydrogen-bond acceptors (Lipinski definition) is 2. The highest BCUT2D eigenvalue weighted by Gasteiger charge is 2.30. The van der Waals surface area contributed by atoms with Gasteiger partial charge >= 0.3 is 6.18 Å². The van der Waals surface area contributed by atoms with E-state index in [4.69, 9.17) is 11.5 Å². The smallest absolute Gasteiger partial charge is 0.330 e. The van der Waals surface area contributed by atoms with Crippen LogP contribution in [0.15, 0.2) is 24.3 Å². The van der Waals surface area contributed by atoms with E-state index in [9.17, 15) is 13.2 Å². The Morgan fingerprint density at radius 3 is 2.20 bits per heavy atom. The Labute approximate surface area is 86.1 Å². The Morgan fingerprint density at radius 1 is 1.13 bits per heavy atom. The van der Waals surface area contributed by atoms with E-state index in [0.717, 1.165) is 12.1 Å². The summed E-state index contributed by atoms with van der Waals surface area (Å²) in [5.74, 6) is -0.215. The molecule has 0 unspecified atom stereocenters. The molecule has 0 amide bonds. The van der Waals surface area contributed by atoms with Crippen LogP contribution in [-0.2, 0) is 6.18 Å². The summed E-state index contributed by atoms with van der Waals surface area (Å²) in [6.45, 7) is 0.496. The Bertz CT molecular complexity index is 319. The van der Waals surface area contributed by atoms with Gasteiger partial charge in [-0.3, -0.25) is 0 Å². The van der Waals surface area contributed by atoms with Crippen LogP contribution in [0.3, 0.4) is 0 Å². The lowest BCUT2D eigenvalue weighted by molar-refractivity contribution is -0.137. The van der Waals surface area contributed by atoms with Gasteiger partial charge in [-0.2, -0.15) is 13.2 Å². The van der Waals surface area contributed by atoms with Crippen molar-refractivity contribution in [3.63, 3.8) is 0 Å². The molecule has 4 N–H and O–H groups in total. The maximum atomic E-state index is 12.4. The van der Waals surface area contributed by atoms with Crippen LogP contribution in [0.1, 0.15) is 17.0 Å². The van der Waals surface area contributed by atoms with E-state index in [-0.39, 0.29) is 19.0 Å². The van der Waals surface area contributed by atoms with Crippen LogP contribution in [0.25, 0.3) is 0 Å². The van der Waals surface area contributed by atoms with E-state index in [0.29, 0.717) is 5.56 Å². The molecule has 84 valence electrons. The zero-order valence-corrected chi connectivity index (χ0v) is 8.09. The Morgan fingerprint density at radius 2 is 1.73 bits per heavy atom. The third kappa shape index (κ3) is 2.94. The van der Waals surface area contributed by atoms with Gasteiger partial charge in [-0.05, 0) is 11.6 Å². The van der Waals surface area contributed by atoms with E-state index in [1.165, 1.54) is 6.07 Å². The highest BCUT2D eigenvalue weighted by Crippen LogP contribution is 2.30. The van der Waals surface area contributed by atoms with E-state index in [1.54, 1.807) is 6.07 Å². The Balaban J connectivity index is 3.02. The van der Waals surface area contributed by atoms with Gasteiger partial charge in [-0.1, -0.05) is 18.2 Å². The van der Waals surface area contributed by atoms with Crippen LogP contribution in [0, 0.1) is 0 Å². The average Bonchev–Trinajstić information content (AvgIpc) is 2.19. The molecule has 15 heavy (non-hydrogen) atoms. The molecule has 2 nitrogen and oxygen atoms in total. The number of halogens is 3. The monoisotopic (exact) mass is 218 g/mol. The molecule has 0 saturated carbocycles. The van der Waals surface area contributed by atoms with Gasteiger partial charge < -0.3 is 11.5 Å². The van der Waals surface area contributed by atoms with E-state index >= 15 is 0 Å². The lowest BCUT2D eigenvalue weighted by Crippen LogP contribution is -2.21. The molecule has 0 aliphatic rings. The summed E-state index contributed by atoms with van der Waals surface area (Å²) in [5.41, 5.74) is 10.7. The van der Waals surface area contributed by atoms with Gasteiger partial charge in [0.05, 0.1) is 5.56 Å². The average molecular weight is 218 g/mol. The summed E-state index contributed by atoms with van der Waals surface area (Å²) >= 11 is 0. The molecule has 0 heterocycles. The van der Waals surface area contributed by atoms with Crippen molar-refractivity contribution in [2.45, 2.75) is 12.1 Å². The van der Waals surface area contributed by atoms with Crippen molar-refractivity contribution < 1.29 is 13.2 Å². The standard InChI is InChI=1S/C10H13F3N2/c11-10(12,13)9-3-1-2-7(4-9)8(5-14)6-15/h1-4,8H,5-6,14-15H2. The third-order valence-corrected chi connectivity index (χ3v) is 2.25. The van der Waals surface area contributed by atoms with Crippen molar-refractivity contribution in [3.8, 4) is 0 Å². The SMILES string of the molecule is NCC(CN)c1cccc(C(F)(F)F)c1. The van der Waals surface area contributed by atoms with Crippen molar-refractivity contribution in [1.29, 1.82) is 0 Å². The Hall–Kier alpha value is -1.07. The molecule has 0 bridgehead atoms. The molecule has 1 rings (SSSR count). The van der Waals surface area contributed by atoms with Gasteiger partial charge in [-0.15, -0.1) is 0 Å². The highest BCUT2D eigenvalue weighted by molar-refractivity contribution is 5.28. The minimum atomic E-state index is -4.32. The van der Waals surface area contributed by atoms with Crippen LogP contribution in [0.5, 0.6) is 0 Å². The normalized spacial score (nSPS) is 12.1. The fourth-order valence-electron chi connectivity index (χ4n) is 1.34. The van der Waals surface area contributed by atoms with Gasteiger partial charge in [-0.25, -0.2) is 0 Å². The van der Waals surface area contributed by atoms with Crippen LogP contribution >= 0.6 is 0 Å². The quantitative estimate of drug-likeness (QED) is 0.811. The lowest BCUT2D eigenvalue weighted by Gasteiger charge is -2.14. The second-order valence-corrected chi connectivity index (χ2v) is 3.29. The molecular formula is C10H13F3N2. The van der Waals surface area contributed by atoms with Gasteiger partial charge in [0, 0.05) is 19.0 Å². The molecule has 0 atom stereocenters. The molecule has 1 aromatic carbocycles. The van der Waals surface area contributed by atoms with E-state index in [2.05, 4.69) is 0 Å². The number of benzene rings is 1. The number of nitrogens with two attached hydrogens (primary N) is 2. The molecule has 0 radical (unpaired) electrons. The highest BCUT2D eigenvalue weighted by atomic mass is 19.4. The topological polar surface area (TPSA) is 52.0 Å². The molecule has 1 aromatic rings. The van der Waals surface area contributed by atoms with Crippen molar-refractivity contribution in [3.05, 3.63) is 35.4 Å². The molecule has 0 aliphatic heterocycles. The van der Waals surface area contributed by atoms with Crippen LogP contribution < -0.4 is 11.5 Å². The summed E-state index contributed by atoms with van der Waals surface area (Å²) in [7, 11) is 0. The second-order valence-electron chi connectivity index (χ2n) is 3.29. The molecule has 0 aliphatic carbocycles. The predicted octanol–water partition coefficient (Wildman–Crippen LogP) is 1.71. The lowest BCUT2D eigenvalue weighted by atomic mass is 9.97. The van der Waals surface area contributed by atoms with Crippen molar-refractivity contribution >= 4 is 0 Å². The molecule has 0 saturated heterocycles. The van der Waals surface area contributed by atoms with Crippen LogP contribution in [0.4, 0.5) is 13.2 Å². The molecular weight excluding hydrogens is 205 g/mol. The van der Waals surface area contributed by atoms with E-state index < -0.39 is 11.7 Å². The largest absolute Gasteiger partial charge is 0.416 e. The summed E-state index contributed by atoms with van der Waals surface area (Å²) in [5, 5.41) is 0. The Kier molecular flexibility index (Phi) is 3.71. The fraction of sp³-hybridized carbons (Fsp3) is 0.400. The number of hydrogen-bond donors (Lipinski definition) is 2. The van der Waals surface area contributed by atoms with Crippen molar-refractivity contribution in [2.75, 3.05) is 13.1 Å². The summed E-state index contributed by atoms with van der Waals surface area (Å²) in [6, 6.07) is 5.12.